The van der Waals surface area contributed by atoms with Crippen LogP contribution in [0.15, 0.2) is 54.7 Å². The first-order valence-electron chi connectivity index (χ1n) is 11.7. The van der Waals surface area contributed by atoms with Crippen LogP contribution in [0.4, 0.5) is 4.39 Å². The van der Waals surface area contributed by atoms with Crippen molar-refractivity contribution < 1.29 is 23.8 Å². The van der Waals surface area contributed by atoms with Crippen LogP contribution >= 0.6 is 0 Å². The molecule has 0 spiro atoms. The first kappa shape index (κ1) is 22.4. The van der Waals surface area contributed by atoms with Gasteiger partial charge in [-0.3, -0.25) is 0 Å². The van der Waals surface area contributed by atoms with Gasteiger partial charge in [0.1, 0.15) is 17.7 Å². The SMILES string of the molecule is COc1cc(-c2ccc(C3CCc4ccc([C@H](C5CC5)[C@H](C)C(=O)[O-])cc4O3)c(F)c2)ccn1. The van der Waals surface area contributed by atoms with Crippen molar-refractivity contribution in [2.24, 2.45) is 11.8 Å². The number of carbonyl (C=O) groups excluding carboxylic acids is 1. The lowest BCUT2D eigenvalue weighted by Gasteiger charge is -2.30. The lowest BCUT2D eigenvalue weighted by molar-refractivity contribution is -0.311. The predicted molar refractivity (Wildman–Crippen MR) is 124 cm³/mol. The number of benzene rings is 2. The zero-order valence-electron chi connectivity index (χ0n) is 19.3. The molecule has 1 aliphatic heterocycles. The smallest absolute Gasteiger partial charge is 0.213 e. The Hall–Kier alpha value is -3.41. The highest BCUT2D eigenvalue weighted by Crippen LogP contribution is 2.48. The largest absolute Gasteiger partial charge is 0.550 e. The molecule has 2 aromatic carbocycles. The van der Waals surface area contributed by atoms with Gasteiger partial charge in [0, 0.05) is 29.7 Å². The van der Waals surface area contributed by atoms with E-state index >= 15 is 4.39 Å². The molecule has 176 valence electrons. The van der Waals surface area contributed by atoms with Crippen molar-refractivity contribution in [1.29, 1.82) is 0 Å². The summed E-state index contributed by atoms with van der Waals surface area (Å²) in [5, 5.41) is 11.6. The van der Waals surface area contributed by atoms with E-state index in [4.69, 9.17) is 9.47 Å². The number of carboxylic acids is 1. The van der Waals surface area contributed by atoms with Gasteiger partial charge in [-0.1, -0.05) is 31.2 Å². The van der Waals surface area contributed by atoms with Crippen molar-refractivity contribution in [2.45, 2.75) is 44.6 Å². The maximum absolute atomic E-state index is 15.2. The lowest BCUT2D eigenvalue weighted by Crippen LogP contribution is -2.34. The van der Waals surface area contributed by atoms with E-state index in [-0.39, 0.29) is 11.7 Å². The number of carbonyl (C=O) groups is 1. The van der Waals surface area contributed by atoms with E-state index in [2.05, 4.69) is 4.98 Å². The van der Waals surface area contributed by atoms with Gasteiger partial charge in [0.25, 0.3) is 0 Å². The standard InChI is InChI=1S/C28H28FNO4/c1-16(28(31)32)27(18-4-5-18)21-6-3-17-8-10-24(34-25(17)14-21)22-9-7-19(13-23(22)29)20-11-12-30-26(15-20)33-2/h3,6-7,9,11-16,18,24,27H,4-5,8,10H2,1-2H3,(H,31,32)/p-1/t16-,24?,27-/m0/s1. The zero-order chi connectivity index (χ0) is 23.8. The second kappa shape index (κ2) is 9.09. The first-order valence-corrected chi connectivity index (χ1v) is 11.7. The number of carboxylic acid groups (broad SMARTS) is 1. The minimum absolute atomic E-state index is 0.0901. The Morgan fingerprint density at radius 2 is 1.91 bits per heavy atom. The van der Waals surface area contributed by atoms with Gasteiger partial charge < -0.3 is 19.4 Å². The lowest BCUT2D eigenvalue weighted by atomic mass is 9.82. The number of hydrogen-bond acceptors (Lipinski definition) is 5. The number of rotatable bonds is 7. The molecule has 2 heterocycles. The van der Waals surface area contributed by atoms with Crippen molar-refractivity contribution >= 4 is 5.97 Å². The molecule has 0 radical (unpaired) electrons. The summed E-state index contributed by atoms with van der Waals surface area (Å²) in [7, 11) is 1.55. The maximum Gasteiger partial charge on any atom is 0.213 e. The van der Waals surface area contributed by atoms with E-state index < -0.39 is 18.0 Å². The molecular formula is C28H27FNO4-. The van der Waals surface area contributed by atoms with Crippen LogP contribution in [0.3, 0.4) is 0 Å². The van der Waals surface area contributed by atoms with Crippen molar-refractivity contribution in [3.05, 3.63) is 77.2 Å². The number of aliphatic carboxylic acids is 1. The molecule has 3 atom stereocenters. The zero-order valence-corrected chi connectivity index (χ0v) is 19.3. The summed E-state index contributed by atoms with van der Waals surface area (Å²) in [6.07, 6.45) is 4.74. The van der Waals surface area contributed by atoms with Gasteiger partial charge >= 0.3 is 0 Å². The molecule has 5 nitrogen and oxygen atoms in total. The summed E-state index contributed by atoms with van der Waals surface area (Å²) in [5.41, 5.74) is 4.11. The maximum atomic E-state index is 15.2. The molecule has 34 heavy (non-hydrogen) atoms. The summed E-state index contributed by atoms with van der Waals surface area (Å²) < 4.78 is 26.6. The Morgan fingerprint density at radius 1 is 1.12 bits per heavy atom. The van der Waals surface area contributed by atoms with Crippen molar-refractivity contribution in [2.75, 3.05) is 7.11 Å². The molecule has 1 aliphatic carbocycles. The number of methoxy groups -OCH3 is 1. The highest BCUT2D eigenvalue weighted by atomic mass is 19.1. The molecule has 0 bridgehead atoms. The van der Waals surface area contributed by atoms with Crippen LogP contribution in [-0.4, -0.2) is 18.1 Å². The third-order valence-electron chi connectivity index (χ3n) is 7.09. The van der Waals surface area contributed by atoms with Gasteiger partial charge in [-0.15, -0.1) is 0 Å². The Kier molecular flexibility index (Phi) is 5.98. The monoisotopic (exact) mass is 460 g/mol. The first-order chi connectivity index (χ1) is 16.4. The summed E-state index contributed by atoms with van der Waals surface area (Å²) in [4.78, 5) is 15.7. The summed E-state index contributed by atoms with van der Waals surface area (Å²) in [6, 6.07) is 14.8. The normalized spacial score (nSPS) is 19.0. The minimum Gasteiger partial charge on any atom is -0.550 e. The van der Waals surface area contributed by atoms with Crippen LogP contribution in [0, 0.1) is 17.7 Å². The summed E-state index contributed by atoms with van der Waals surface area (Å²) in [5.74, 6) is -0.451. The van der Waals surface area contributed by atoms with Crippen molar-refractivity contribution in [1.82, 2.24) is 4.98 Å². The summed E-state index contributed by atoms with van der Waals surface area (Å²) in [6.45, 7) is 1.72. The van der Waals surface area contributed by atoms with E-state index in [1.165, 1.54) is 6.07 Å². The molecule has 0 N–H and O–H groups in total. The number of hydrogen-bond donors (Lipinski definition) is 0. The van der Waals surface area contributed by atoms with Gasteiger partial charge in [-0.25, -0.2) is 9.37 Å². The van der Waals surface area contributed by atoms with Crippen molar-refractivity contribution in [3.63, 3.8) is 0 Å². The van der Waals surface area contributed by atoms with E-state index in [1.54, 1.807) is 32.4 Å². The Bertz CT molecular complexity index is 1220. The average molecular weight is 461 g/mol. The van der Waals surface area contributed by atoms with E-state index in [0.29, 0.717) is 29.5 Å². The third kappa shape index (κ3) is 4.37. The molecule has 1 saturated carbocycles. The molecule has 6 heteroatoms. The summed E-state index contributed by atoms with van der Waals surface area (Å²) >= 11 is 0. The number of pyridine rings is 1. The van der Waals surface area contributed by atoms with Crippen LogP contribution in [0.5, 0.6) is 11.6 Å². The second-order valence-electron chi connectivity index (χ2n) is 9.31. The van der Waals surface area contributed by atoms with Crippen LogP contribution in [0.2, 0.25) is 0 Å². The minimum atomic E-state index is -1.03. The van der Waals surface area contributed by atoms with Crippen molar-refractivity contribution in [3.8, 4) is 22.8 Å². The van der Waals surface area contributed by atoms with E-state index in [0.717, 1.165) is 41.5 Å². The molecule has 0 amide bonds. The third-order valence-corrected chi connectivity index (χ3v) is 7.09. The Labute approximate surface area is 198 Å². The molecule has 0 saturated heterocycles. The molecule has 1 fully saturated rings. The number of nitrogens with zero attached hydrogens (tertiary/aromatic N) is 1. The number of ether oxygens (including phenoxy) is 2. The molecule has 3 aromatic rings. The fourth-order valence-electron chi connectivity index (χ4n) is 5.05. The fraction of sp³-hybridized carbons (Fsp3) is 0.357. The average Bonchev–Trinajstić information content (AvgIpc) is 3.68. The predicted octanol–water partition coefficient (Wildman–Crippen LogP) is 4.84. The van der Waals surface area contributed by atoms with Gasteiger partial charge in [-0.2, -0.15) is 0 Å². The molecule has 1 aromatic heterocycles. The quantitative estimate of drug-likeness (QED) is 0.504. The Balaban J connectivity index is 1.40. The highest BCUT2D eigenvalue weighted by molar-refractivity contribution is 5.69. The van der Waals surface area contributed by atoms with Crippen LogP contribution in [0.1, 0.15) is 54.9 Å². The number of aryl methyl sites for hydroxylation is 1. The van der Waals surface area contributed by atoms with Crippen LogP contribution < -0.4 is 14.6 Å². The number of halogens is 1. The molecule has 5 rings (SSSR count). The van der Waals surface area contributed by atoms with E-state index in [1.807, 2.05) is 30.3 Å². The van der Waals surface area contributed by atoms with Crippen LogP contribution in [0.25, 0.3) is 11.1 Å². The number of aromatic nitrogens is 1. The van der Waals surface area contributed by atoms with Gasteiger partial charge in [0.2, 0.25) is 5.88 Å². The van der Waals surface area contributed by atoms with E-state index in [9.17, 15) is 9.90 Å². The topological polar surface area (TPSA) is 71.5 Å². The number of fused-ring (bicyclic) bond motifs is 1. The van der Waals surface area contributed by atoms with Gasteiger partial charge in [-0.05, 0) is 78.0 Å². The highest BCUT2D eigenvalue weighted by Gasteiger charge is 2.37. The fourth-order valence-corrected chi connectivity index (χ4v) is 5.05. The van der Waals surface area contributed by atoms with Crippen LogP contribution in [-0.2, 0) is 11.2 Å². The molecular weight excluding hydrogens is 433 g/mol. The molecule has 2 aliphatic rings. The Morgan fingerprint density at radius 3 is 2.62 bits per heavy atom. The second-order valence-corrected chi connectivity index (χ2v) is 9.31. The van der Waals surface area contributed by atoms with Gasteiger partial charge in [0.05, 0.1) is 7.11 Å². The molecule has 1 unspecified atom stereocenters. The van der Waals surface area contributed by atoms with Gasteiger partial charge in [0.15, 0.2) is 0 Å².